The van der Waals surface area contributed by atoms with Crippen LogP contribution in [0.4, 0.5) is 0 Å². The van der Waals surface area contributed by atoms with Gasteiger partial charge < -0.3 is 10.1 Å². The molecule has 1 aliphatic rings. The molecule has 0 amide bonds. The molecule has 0 spiro atoms. The second kappa shape index (κ2) is 5.93. The lowest BCUT2D eigenvalue weighted by Gasteiger charge is -2.41. The molecule has 1 heterocycles. The normalized spacial score (nSPS) is 17.5. The topological polar surface area (TPSA) is 24.5 Å². The van der Waals surface area contributed by atoms with Crippen LogP contribution in [0.3, 0.4) is 0 Å². The molecule has 3 heteroatoms. The summed E-state index contributed by atoms with van der Waals surface area (Å²) in [4.78, 5) is 2.55. The first-order valence-electron chi connectivity index (χ1n) is 7.25. The molecule has 1 fully saturated rings. The quantitative estimate of drug-likeness (QED) is 0.902. The van der Waals surface area contributed by atoms with Gasteiger partial charge in [0.25, 0.3) is 0 Å². The lowest BCUT2D eigenvalue weighted by Crippen LogP contribution is -2.51. The van der Waals surface area contributed by atoms with E-state index in [4.69, 9.17) is 4.74 Å². The molecule has 1 N–H and O–H groups in total. The summed E-state index contributed by atoms with van der Waals surface area (Å²) in [6.07, 6.45) is 0. The fourth-order valence-corrected chi connectivity index (χ4v) is 2.75. The van der Waals surface area contributed by atoms with Crippen LogP contribution in [0.2, 0.25) is 0 Å². The van der Waals surface area contributed by atoms with E-state index in [0.717, 1.165) is 38.5 Å². The highest BCUT2D eigenvalue weighted by Gasteiger charge is 2.29. The minimum absolute atomic E-state index is 0.0810. The Hall–Kier alpha value is -1.06. The van der Waals surface area contributed by atoms with Gasteiger partial charge in [0.1, 0.15) is 5.75 Å². The summed E-state index contributed by atoms with van der Waals surface area (Å²) in [7, 11) is 0. The molecule has 0 radical (unpaired) electrons. The van der Waals surface area contributed by atoms with Crippen LogP contribution in [0.15, 0.2) is 18.2 Å². The lowest BCUT2D eigenvalue weighted by molar-refractivity contribution is 0.102. The van der Waals surface area contributed by atoms with Crippen LogP contribution < -0.4 is 10.1 Å². The molecule has 1 aliphatic heterocycles. The zero-order valence-corrected chi connectivity index (χ0v) is 12.6. The van der Waals surface area contributed by atoms with Crippen LogP contribution in [0.25, 0.3) is 0 Å². The van der Waals surface area contributed by atoms with E-state index in [9.17, 15) is 0 Å². The van der Waals surface area contributed by atoms with Crippen LogP contribution in [0, 0.1) is 6.92 Å². The Morgan fingerprint density at radius 3 is 2.53 bits per heavy atom. The van der Waals surface area contributed by atoms with Crippen LogP contribution >= 0.6 is 0 Å². The van der Waals surface area contributed by atoms with Gasteiger partial charge in [-0.05, 0) is 44.9 Å². The van der Waals surface area contributed by atoms with E-state index in [1.165, 1.54) is 11.1 Å². The number of hydrogen-bond acceptors (Lipinski definition) is 3. The monoisotopic (exact) mass is 262 g/mol. The van der Waals surface area contributed by atoms with Gasteiger partial charge >= 0.3 is 0 Å². The molecule has 2 rings (SSSR count). The smallest absolute Gasteiger partial charge is 0.122 e. The number of ether oxygens (including phenoxy) is 1. The number of benzene rings is 1. The van der Waals surface area contributed by atoms with Crippen LogP contribution in [0.1, 0.15) is 31.9 Å². The average molecular weight is 262 g/mol. The summed E-state index contributed by atoms with van der Waals surface area (Å²) in [5, 5.41) is 3.41. The highest BCUT2D eigenvalue weighted by molar-refractivity contribution is 5.38. The number of nitrogens with one attached hydrogen (secondary N) is 1. The van der Waals surface area contributed by atoms with Crippen LogP contribution in [-0.4, -0.2) is 37.7 Å². The van der Waals surface area contributed by atoms with Gasteiger partial charge in [0, 0.05) is 31.7 Å². The number of nitrogens with zero attached hydrogens (tertiary/aromatic N) is 1. The van der Waals surface area contributed by atoms with E-state index in [2.05, 4.69) is 49.2 Å². The lowest BCUT2D eigenvalue weighted by atomic mass is 9.90. The molecule has 0 atom stereocenters. The maximum Gasteiger partial charge on any atom is 0.122 e. The van der Waals surface area contributed by atoms with E-state index in [0.29, 0.717) is 0 Å². The van der Waals surface area contributed by atoms with E-state index in [1.807, 2.05) is 6.92 Å². The summed E-state index contributed by atoms with van der Waals surface area (Å²) in [5.74, 6) is 1.00. The van der Waals surface area contributed by atoms with Crippen molar-refractivity contribution in [2.45, 2.75) is 33.2 Å². The first-order chi connectivity index (χ1) is 9.05. The Kier molecular flexibility index (Phi) is 4.48. The summed E-state index contributed by atoms with van der Waals surface area (Å²) in [5.41, 5.74) is 2.68. The first kappa shape index (κ1) is 14.4. The molecular formula is C16H26N2O. The van der Waals surface area contributed by atoms with E-state index < -0.39 is 0 Å². The summed E-state index contributed by atoms with van der Waals surface area (Å²) in [6.45, 7) is 13.9. The Morgan fingerprint density at radius 2 is 1.95 bits per heavy atom. The van der Waals surface area contributed by atoms with Crippen molar-refractivity contribution < 1.29 is 4.74 Å². The molecule has 0 aliphatic carbocycles. The van der Waals surface area contributed by atoms with Crippen molar-refractivity contribution in [1.82, 2.24) is 10.2 Å². The van der Waals surface area contributed by atoms with Crippen molar-refractivity contribution in [2.75, 3.05) is 32.8 Å². The molecule has 1 saturated heterocycles. The maximum absolute atomic E-state index is 5.63. The minimum atomic E-state index is 0.0810. The molecule has 106 valence electrons. The zero-order chi connectivity index (χ0) is 13.9. The Morgan fingerprint density at radius 1 is 1.26 bits per heavy atom. The maximum atomic E-state index is 5.63. The summed E-state index contributed by atoms with van der Waals surface area (Å²) in [6, 6.07) is 6.59. The molecule has 0 bridgehead atoms. The van der Waals surface area contributed by atoms with Gasteiger partial charge in [-0.25, -0.2) is 0 Å². The second-order valence-corrected chi connectivity index (χ2v) is 5.71. The highest BCUT2D eigenvalue weighted by Crippen LogP contribution is 2.31. The molecule has 1 aromatic carbocycles. The van der Waals surface area contributed by atoms with Gasteiger partial charge in [0.2, 0.25) is 0 Å². The van der Waals surface area contributed by atoms with Crippen molar-refractivity contribution in [3.63, 3.8) is 0 Å². The third-order valence-corrected chi connectivity index (χ3v) is 4.09. The van der Waals surface area contributed by atoms with Crippen molar-refractivity contribution in [3.8, 4) is 5.75 Å². The predicted molar refractivity (Wildman–Crippen MR) is 79.8 cm³/mol. The number of rotatable bonds is 4. The van der Waals surface area contributed by atoms with Crippen LogP contribution in [-0.2, 0) is 5.54 Å². The first-order valence-corrected chi connectivity index (χ1v) is 7.25. The highest BCUT2D eigenvalue weighted by atomic mass is 16.5. The minimum Gasteiger partial charge on any atom is -0.494 e. The largest absolute Gasteiger partial charge is 0.494 e. The fourth-order valence-electron chi connectivity index (χ4n) is 2.75. The molecule has 19 heavy (non-hydrogen) atoms. The SMILES string of the molecule is CCOc1ccc(C(C)(C)N2CCNCC2)cc1C. The standard InChI is InChI=1S/C16H26N2O/c1-5-19-15-7-6-14(12-13(15)2)16(3,4)18-10-8-17-9-11-18/h6-7,12,17H,5,8-11H2,1-4H3. The average Bonchev–Trinajstić information content (AvgIpc) is 2.42. The molecule has 0 saturated carbocycles. The van der Waals surface area contributed by atoms with Gasteiger partial charge in [0.15, 0.2) is 0 Å². The molecular weight excluding hydrogens is 236 g/mol. The van der Waals surface area contributed by atoms with Gasteiger partial charge in [0.05, 0.1) is 6.61 Å². The van der Waals surface area contributed by atoms with Gasteiger partial charge in [-0.1, -0.05) is 12.1 Å². The number of aryl methyl sites for hydroxylation is 1. The Labute approximate surface area is 116 Å². The zero-order valence-electron chi connectivity index (χ0n) is 12.6. The fraction of sp³-hybridized carbons (Fsp3) is 0.625. The molecule has 1 aromatic rings. The third kappa shape index (κ3) is 3.10. The van der Waals surface area contributed by atoms with Gasteiger partial charge in [-0.2, -0.15) is 0 Å². The summed E-state index contributed by atoms with van der Waals surface area (Å²) < 4.78 is 5.63. The third-order valence-electron chi connectivity index (χ3n) is 4.09. The van der Waals surface area contributed by atoms with Crippen molar-refractivity contribution >= 4 is 0 Å². The van der Waals surface area contributed by atoms with Gasteiger partial charge in [-0.3, -0.25) is 4.90 Å². The van der Waals surface area contributed by atoms with Crippen molar-refractivity contribution in [1.29, 1.82) is 0 Å². The van der Waals surface area contributed by atoms with E-state index >= 15 is 0 Å². The van der Waals surface area contributed by atoms with Gasteiger partial charge in [-0.15, -0.1) is 0 Å². The molecule has 3 nitrogen and oxygen atoms in total. The van der Waals surface area contributed by atoms with Crippen molar-refractivity contribution in [2.24, 2.45) is 0 Å². The molecule has 0 unspecified atom stereocenters. The Bertz CT molecular complexity index is 423. The second-order valence-electron chi connectivity index (χ2n) is 5.71. The van der Waals surface area contributed by atoms with Crippen LogP contribution in [0.5, 0.6) is 5.75 Å². The number of piperazine rings is 1. The summed E-state index contributed by atoms with van der Waals surface area (Å²) >= 11 is 0. The van der Waals surface area contributed by atoms with Crippen molar-refractivity contribution in [3.05, 3.63) is 29.3 Å². The Balaban J connectivity index is 2.21. The molecule has 0 aromatic heterocycles. The number of hydrogen-bond donors (Lipinski definition) is 1. The van der Waals surface area contributed by atoms with E-state index in [1.54, 1.807) is 0 Å². The predicted octanol–water partition coefficient (Wildman–Crippen LogP) is 2.53. The van der Waals surface area contributed by atoms with E-state index in [-0.39, 0.29) is 5.54 Å².